The summed E-state index contributed by atoms with van der Waals surface area (Å²) < 4.78 is 22.9. The zero-order valence-corrected chi connectivity index (χ0v) is 10.9. The molecule has 94 valence electrons. The Bertz CT molecular complexity index is 498. The average molecular weight is 275 g/mol. The van der Waals surface area contributed by atoms with E-state index < -0.39 is 9.84 Å². The first-order valence-corrected chi connectivity index (χ1v) is 7.78. The normalized spacial score (nSPS) is 24.7. The van der Waals surface area contributed by atoms with Gasteiger partial charge in [0.05, 0.1) is 18.1 Å². The van der Waals surface area contributed by atoms with Crippen LogP contribution in [0.4, 0.5) is 0 Å². The Labute approximate surface area is 106 Å². The first kappa shape index (κ1) is 12.9. The van der Waals surface area contributed by atoms with Crippen LogP contribution in [0.1, 0.15) is 17.9 Å². The number of hydrogen-bond acceptors (Lipinski definition) is 3. The summed E-state index contributed by atoms with van der Waals surface area (Å²) in [5.41, 5.74) is 0.919. The molecule has 0 bridgehead atoms. The Morgan fingerprint density at radius 3 is 2.76 bits per heavy atom. The summed E-state index contributed by atoms with van der Waals surface area (Å²) in [6, 6.07) is 7.28. The molecular weight excluding hydrogens is 260 g/mol. The van der Waals surface area contributed by atoms with Crippen molar-refractivity contribution in [3.63, 3.8) is 0 Å². The van der Waals surface area contributed by atoms with Gasteiger partial charge in [0.15, 0.2) is 9.84 Å². The van der Waals surface area contributed by atoms with Crippen molar-refractivity contribution in [2.24, 2.45) is 5.92 Å². The summed E-state index contributed by atoms with van der Waals surface area (Å²) in [7, 11) is -2.91. The third kappa shape index (κ3) is 3.00. The van der Waals surface area contributed by atoms with Gasteiger partial charge in [-0.2, -0.15) is 0 Å². The molecule has 0 radical (unpaired) electrons. The average Bonchev–Trinajstić information content (AvgIpc) is 2.60. The molecule has 0 amide bonds. The van der Waals surface area contributed by atoms with Crippen LogP contribution < -0.4 is 0 Å². The van der Waals surface area contributed by atoms with Crippen LogP contribution >= 0.6 is 11.6 Å². The second kappa shape index (κ2) is 4.96. The predicted octanol–water partition coefficient (Wildman–Crippen LogP) is 1.85. The van der Waals surface area contributed by atoms with Crippen LogP contribution in [0, 0.1) is 5.92 Å². The third-order valence-corrected chi connectivity index (χ3v) is 5.34. The van der Waals surface area contributed by atoms with Crippen LogP contribution in [0.15, 0.2) is 24.3 Å². The Morgan fingerprint density at radius 2 is 2.24 bits per heavy atom. The lowest BCUT2D eigenvalue weighted by Crippen LogP contribution is -2.18. The lowest BCUT2D eigenvalue weighted by atomic mass is 9.86. The van der Waals surface area contributed by atoms with Crippen LogP contribution in [0.3, 0.4) is 0 Å². The van der Waals surface area contributed by atoms with Crippen molar-refractivity contribution in [3.8, 4) is 0 Å². The first-order valence-electron chi connectivity index (χ1n) is 5.58. The summed E-state index contributed by atoms with van der Waals surface area (Å²) in [5.74, 6) is 0.272. The van der Waals surface area contributed by atoms with Gasteiger partial charge >= 0.3 is 0 Å². The molecule has 1 fully saturated rings. The number of benzene rings is 1. The monoisotopic (exact) mass is 274 g/mol. The topological polar surface area (TPSA) is 54.4 Å². The highest BCUT2D eigenvalue weighted by molar-refractivity contribution is 7.91. The van der Waals surface area contributed by atoms with Crippen molar-refractivity contribution in [3.05, 3.63) is 34.9 Å². The quantitative estimate of drug-likeness (QED) is 0.915. The molecule has 0 aromatic heterocycles. The van der Waals surface area contributed by atoms with Gasteiger partial charge in [0, 0.05) is 10.9 Å². The molecule has 2 atom stereocenters. The Kier molecular flexibility index (Phi) is 3.76. The van der Waals surface area contributed by atoms with Crippen molar-refractivity contribution < 1.29 is 13.5 Å². The lowest BCUT2D eigenvalue weighted by molar-refractivity contribution is 0.233. The van der Waals surface area contributed by atoms with Crippen LogP contribution in [-0.4, -0.2) is 31.6 Å². The molecule has 2 unspecified atom stereocenters. The maximum atomic E-state index is 11.5. The van der Waals surface area contributed by atoms with Crippen molar-refractivity contribution in [2.45, 2.75) is 12.3 Å². The van der Waals surface area contributed by atoms with Crippen molar-refractivity contribution >= 4 is 21.4 Å². The molecule has 3 nitrogen and oxygen atoms in total. The van der Waals surface area contributed by atoms with Gasteiger partial charge in [0.25, 0.3) is 0 Å². The molecule has 1 aromatic rings. The van der Waals surface area contributed by atoms with Gasteiger partial charge in [-0.05, 0) is 30.0 Å². The number of aliphatic hydroxyl groups is 1. The number of halogens is 1. The maximum Gasteiger partial charge on any atom is 0.150 e. The van der Waals surface area contributed by atoms with Gasteiger partial charge in [0.1, 0.15) is 0 Å². The molecule has 1 N–H and O–H groups in total. The number of sulfone groups is 1. The van der Waals surface area contributed by atoms with E-state index >= 15 is 0 Å². The van der Waals surface area contributed by atoms with Gasteiger partial charge in [-0.1, -0.05) is 23.7 Å². The summed E-state index contributed by atoms with van der Waals surface area (Å²) in [6.07, 6.45) is 0.625. The van der Waals surface area contributed by atoms with E-state index in [9.17, 15) is 13.5 Å². The number of rotatable bonds is 3. The van der Waals surface area contributed by atoms with E-state index in [4.69, 9.17) is 11.6 Å². The van der Waals surface area contributed by atoms with Crippen LogP contribution in [-0.2, 0) is 9.84 Å². The third-order valence-electron chi connectivity index (χ3n) is 3.31. The lowest BCUT2D eigenvalue weighted by Gasteiger charge is -2.20. The van der Waals surface area contributed by atoms with Crippen LogP contribution in [0.25, 0.3) is 0 Å². The second-order valence-corrected chi connectivity index (χ2v) is 7.17. The molecule has 0 aliphatic carbocycles. The van der Waals surface area contributed by atoms with E-state index in [-0.39, 0.29) is 29.9 Å². The highest BCUT2D eigenvalue weighted by Gasteiger charge is 2.34. The van der Waals surface area contributed by atoms with E-state index in [0.717, 1.165) is 5.56 Å². The van der Waals surface area contributed by atoms with Gasteiger partial charge in [-0.25, -0.2) is 8.42 Å². The Morgan fingerprint density at radius 1 is 1.47 bits per heavy atom. The molecule has 5 heteroatoms. The Hall–Kier alpha value is -0.580. The standard InChI is InChI=1S/C12H15ClO3S/c13-11-3-1-2-9(6-11)12(7-14)10-4-5-17(15,16)8-10/h1-3,6,10,12,14H,4-5,7-8H2. The van der Waals surface area contributed by atoms with Crippen molar-refractivity contribution in [1.29, 1.82) is 0 Å². The molecule has 1 aliphatic heterocycles. The minimum absolute atomic E-state index is 0.00321. The summed E-state index contributed by atoms with van der Waals surface area (Å²) in [5, 5.41) is 10.1. The molecule has 17 heavy (non-hydrogen) atoms. The fourth-order valence-electron chi connectivity index (χ4n) is 2.40. The minimum atomic E-state index is -2.91. The van der Waals surface area contributed by atoms with Crippen molar-refractivity contribution in [2.75, 3.05) is 18.1 Å². The molecule has 1 saturated heterocycles. The molecule has 0 spiro atoms. The van der Waals surface area contributed by atoms with Gasteiger partial charge in [-0.15, -0.1) is 0 Å². The highest BCUT2D eigenvalue weighted by atomic mass is 35.5. The van der Waals surface area contributed by atoms with E-state index in [1.165, 1.54) is 0 Å². The molecule has 1 heterocycles. The Balaban J connectivity index is 2.23. The van der Waals surface area contributed by atoms with E-state index in [0.29, 0.717) is 11.4 Å². The van der Waals surface area contributed by atoms with E-state index in [1.807, 2.05) is 12.1 Å². The molecular formula is C12H15ClO3S. The van der Waals surface area contributed by atoms with E-state index in [2.05, 4.69) is 0 Å². The van der Waals surface area contributed by atoms with Gasteiger partial charge in [0.2, 0.25) is 0 Å². The van der Waals surface area contributed by atoms with Gasteiger partial charge in [-0.3, -0.25) is 0 Å². The zero-order chi connectivity index (χ0) is 12.5. The molecule has 0 saturated carbocycles. The van der Waals surface area contributed by atoms with Gasteiger partial charge < -0.3 is 5.11 Å². The zero-order valence-electron chi connectivity index (χ0n) is 9.34. The van der Waals surface area contributed by atoms with Crippen molar-refractivity contribution in [1.82, 2.24) is 0 Å². The van der Waals surface area contributed by atoms with Crippen LogP contribution in [0.2, 0.25) is 5.02 Å². The number of aliphatic hydroxyl groups excluding tert-OH is 1. The first-order chi connectivity index (χ1) is 8.02. The van der Waals surface area contributed by atoms with Crippen LogP contribution in [0.5, 0.6) is 0 Å². The predicted molar refractivity (Wildman–Crippen MR) is 68.0 cm³/mol. The van der Waals surface area contributed by atoms with E-state index in [1.54, 1.807) is 12.1 Å². The highest BCUT2D eigenvalue weighted by Crippen LogP contribution is 2.33. The summed E-state index contributed by atoms with van der Waals surface area (Å²) >= 11 is 5.91. The molecule has 1 aromatic carbocycles. The molecule has 1 aliphatic rings. The smallest absolute Gasteiger partial charge is 0.150 e. The SMILES string of the molecule is O=S1(=O)CCC(C(CO)c2cccc(Cl)c2)C1. The minimum Gasteiger partial charge on any atom is -0.396 e. The second-order valence-electron chi connectivity index (χ2n) is 4.51. The fourth-order valence-corrected chi connectivity index (χ4v) is 4.48. The summed E-state index contributed by atoms with van der Waals surface area (Å²) in [6.45, 7) is -0.0411. The summed E-state index contributed by atoms with van der Waals surface area (Å²) in [4.78, 5) is 0. The maximum absolute atomic E-state index is 11.5. The largest absolute Gasteiger partial charge is 0.396 e. The molecule has 2 rings (SSSR count). The fraction of sp³-hybridized carbons (Fsp3) is 0.500. The number of hydrogen-bond donors (Lipinski definition) is 1.